The van der Waals surface area contributed by atoms with Gasteiger partial charge in [-0.2, -0.15) is 4.36 Å². The first-order valence-electron chi connectivity index (χ1n) is 8.24. The van der Waals surface area contributed by atoms with Crippen molar-refractivity contribution in [3.8, 4) is 0 Å². The van der Waals surface area contributed by atoms with E-state index in [4.69, 9.17) is 11.6 Å². The van der Waals surface area contributed by atoms with E-state index >= 15 is 0 Å². The third-order valence-electron chi connectivity index (χ3n) is 4.41. The third kappa shape index (κ3) is 3.63. The van der Waals surface area contributed by atoms with Gasteiger partial charge in [-0.1, -0.05) is 18.0 Å². The molecular formula is C17H20ClN3O3S2. The molecule has 0 bridgehead atoms. The maximum absolute atomic E-state index is 13.0. The predicted octanol–water partition coefficient (Wildman–Crippen LogP) is 3.60. The zero-order chi connectivity index (χ0) is 18.9. The first kappa shape index (κ1) is 19.3. The van der Waals surface area contributed by atoms with E-state index in [1.807, 2.05) is 6.26 Å². The number of aromatic amines is 1. The minimum atomic E-state index is -2.37. The van der Waals surface area contributed by atoms with Crippen LogP contribution in [-0.2, 0) is 16.8 Å². The Kier molecular flexibility index (Phi) is 5.64. The van der Waals surface area contributed by atoms with Crippen molar-refractivity contribution in [2.75, 3.05) is 17.8 Å². The summed E-state index contributed by atoms with van der Waals surface area (Å²) >= 11 is 7.94. The summed E-state index contributed by atoms with van der Waals surface area (Å²) in [5.74, 6) is 0.626. The highest BCUT2D eigenvalue weighted by Gasteiger charge is 2.23. The number of ketones is 1. The summed E-state index contributed by atoms with van der Waals surface area (Å²) in [6.07, 6.45) is 6.06. The van der Waals surface area contributed by atoms with Crippen LogP contribution in [0.2, 0.25) is 5.02 Å². The molecule has 26 heavy (non-hydrogen) atoms. The molecule has 1 aromatic carbocycles. The fourth-order valence-corrected chi connectivity index (χ4v) is 6.16. The highest BCUT2D eigenvalue weighted by atomic mass is 35.5. The van der Waals surface area contributed by atoms with Gasteiger partial charge < -0.3 is 5.10 Å². The Balaban J connectivity index is 2.14. The number of hydrogen-bond donors (Lipinski definition) is 1. The van der Waals surface area contributed by atoms with E-state index in [0.717, 1.165) is 24.2 Å². The van der Waals surface area contributed by atoms with Gasteiger partial charge in [0.25, 0.3) is 5.56 Å². The number of rotatable bonds is 4. The first-order valence-corrected chi connectivity index (χ1v) is 11.7. The number of aromatic nitrogens is 2. The van der Waals surface area contributed by atoms with Crippen LogP contribution in [0.4, 0.5) is 5.69 Å². The maximum atomic E-state index is 13.0. The van der Waals surface area contributed by atoms with Crippen molar-refractivity contribution in [1.29, 1.82) is 0 Å². The highest BCUT2D eigenvalue weighted by molar-refractivity contribution is 7.98. The molecular weight excluding hydrogens is 394 g/mol. The Morgan fingerprint density at radius 3 is 2.54 bits per heavy atom. The van der Waals surface area contributed by atoms with Gasteiger partial charge in [0, 0.05) is 35.2 Å². The van der Waals surface area contributed by atoms with Gasteiger partial charge in [0.2, 0.25) is 5.78 Å². The van der Waals surface area contributed by atoms with Crippen LogP contribution in [0.1, 0.15) is 35.2 Å². The van der Waals surface area contributed by atoms with Gasteiger partial charge in [-0.3, -0.25) is 14.3 Å². The van der Waals surface area contributed by atoms with Gasteiger partial charge in [0.05, 0.1) is 14.8 Å². The summed E-state index contributed by atoms with van der Waals surface area (Å²) in [5.41, 5.74) is 0.179. The van der Waals surface area contributed by atoms with E-state index in [2.05, 4.69) is 9.46 Å². The summed E-state index contributed by atoms with van der Waals surface area (Å²) in [6.45, 7) is 0. The molecule has 9 heteroatoms. The Morgan fingerprint density at radius 2 is 1.96 bits per heavy atom. The lowest BCUT2D eigenvalue weighted by Crippen LogP contribution is -2.19. The number of thioether (sulfide) groups is 1. The molecule has 1 fully saturated rings. The molecule has 0 radical (unpaired) electrons. The Morgan fingerprint density at radius 1 is 1.27 bits per heavy atom. The van der Waals surface area contributed by atoms with Crippen LogP contribution in [-0.4, -0.2) is 37.5 Å². The SMILES string of the molecule is CSc1ccc(C(=O)c2c[nH]n(C)c2=O)c(Cl)c1N=S1(=O)CCCCC1. The van der Waals surface area contributed by atoms with Crippen LogP contribution in [0.25, 0.3) is 0 Å². The molecule has 0 saturated carbocycles. The van der Waals surface area contributed by atoms with Crippen molar-refractivity contribution in [1.82, 2.24) is 9.78 Å². The van der Waals surface area contributed by atoms with E-state index in [1.165, 1.54) is 29.7 Å². The molecule has 1 aromatic heterocycles. The average Bonchev–Trinajstić information content (AvgIpc) is 2.96. The Hall–Kier alpha value is -1.51. The molecule has 2 heterocycles. The van der Waals surface area contributed by atoms with E-state index in [-0.39, 0.29) is 16.1 Å². The molecule has 1 aliphatic rings. The molecule has 0 aliphatic carbocycles. The van der Waals surface area contributed by atoms with Crippen LogP contribution in [0.5, 0.6) is 0 Å². The van der Waals surface area contributed by atoms with Gasteiger partial charge in [0.1, 0.15) is 11.3 Å². The summed E-state index contributed by atoms with van der Waals surface area (Å²) in [4.78, 5) is 25.6. The fraction of sp³-hybridized carbons (Fsp3) is 0.412. The second-order valence-corrected chi connectivity index (χ2v) is 9.96. The number of halogens is 1. The van der Waals surface area contributed by atoms with Gasteiger partial charge in [-0.05, 0) is 31.2 Å². The van der Waals surface area contributed by atoms with Crippen molar-refractivity contribution in [3.63, 3.8) is 0 Å². The van der Waals surface area contributed by atoms with Crippen molar-refractivity contribution < 1.29 is 9.00 Å². The number of carbonyl (C=O) groups is 1. The number of nitrogens with zero attached hydrogens (tertiary/aromatic N) is 2. The van der Waals surface area contributed by atoms with Gasteiger partial charge in [0.15, 0.2) is 0 Å². The quantitative estimate of drug-likeness (QED) is 0.613. The fourth-order valence-electron chi connectivity index (χ4n) is 2.93. The highest BCUT2D eigenvalue weighted by Crippen LogP contribution is 2.39. The molecule has 0 amide bonds. The predicted molar refractivity (Wildman–Crippen MR) is 107 cm³/mol. The van der Waals surface area contributed by atoms with Crippen LogP contribution in [0.15, 0.2) is 32.4 Å². The van der Waals surface area contributed by atoms with E-state index in [9.17, 15) is 13.8 Å². The number of aryl methyl sites for hydroxylation is 1. The van der Waals surface area contributed by atoms with Crippen LogP contribution in [0.3, 0.4) is 0 Å². The lowest BCUT2D eigenvalue weighted by atomic mass is 10.1. The van der Waals surface area contributed by atoms with Gasteiger partial charge >= 0.3 is 0 Å². The summed E-state index contributed by atoms with van der Waals surface area (Å²) in [5, 5.41) is 2.83. The molecule has 0 unspecified atom stereocenters. The normalized spacial score (nSPS) is 16.4. The zero-order valence-electron chi connectivity index (χ0n) is 14.6. The van der Waals surface area contributed by atoms with E-state index in [0.29, 0.717) is 17.2 Å². The summed E-state index contributed by atoms with van der Waals surface area (Å²) < 4.78 is 18.8. The topological polar surface area (TPSA) is 84.3 Å². The number of H-pyrrole nitrogens is 1. The molecule has 1 aliphatic heterocycles. The summed E-state index contributed by atoms with van der Waals surface area (Å²) in [7, 11) is -0.832. The van der Waals surface area contributed by atoms with Gasteiger partial charge in [-0.15, -0.1) is 11.8 Å². The molecule has 140 valence electrons. The van der Waals surface area contributed by atoms with E-state index in [1.54, 1.807) is 12.1 Å². The lowest BCUT2D eigenvalue weighted by Gasteiger charge is -2.17. The van der Waals surface area contributed by atoms with Crippen molar-refractivity contribution in [2.24, 2.45) is 11.4 Å². The Labute approximate surface area is 161 Å². The van der Waals surface area contributed by atoms with Crippen LogP contribution in [0, 0.1) is 0 Å². The minimum absolute atomic E-state index is 0.0131. The van der Waals surface area contributed by atoms with Crippen LogP contribution < -0.4 is 5.56 Å². The largest absolute Gasteiger partial charge is 0.302 e. The molecule has 6 nitrogen and oxygen atoms in total. The molecule has 2 aromatic rings. The summed E-state index contributed by atoms with van der Waals surface area (Å²) in [6, 6.07) is 3.33. The van der Waals surface area contributed by atoms with Gasteiger partial charge in [-0.25, -0.2) is 4.21 Å². The van der Waals surface area contributed by atoms with Crippen molar-refractivity contribution in [2.45, 2.75) is 24.2 Å². The number of carbonyl (C=O) groups excluding carboxylic acids is 1. The number of nitrogens with one attached hydrogen (secondary N) is 1. The molecule has 3 rings (SSSR count). The maximum Gasteiger partial charge on any atom is 0.277 e. The van der Waals surface area contributed by atoms with E-state index < -0.39 is 21.1 Å². The Bertz CT molecular complexity index is 1020. The number of benzene rings is 1. The average molecular weight is 414 g/mol. The molecule has 1 N–H and O–H groups in total. The smallest absolute Gasteiger partial charge is 0.277 e. The van der Waals surface area contributed by atoms with Crippen LogP contribution >= 0.6 is 23.4 Å². The van der Waals surface area contributed by atoms with Crippen molar-refractivity contribution in [3.05, 3.63) is 44.8 Å². The second-order valence-electron chi connectivity index (χ2n) is 6.19. The monoisotopic (exact) mass is 413 g/mol. The lowest BCUT2D eigenvalue weighted by molar-refractivity contribution is 0.103. The first-order chi connectivity index (χ1) is 12.4. The third-order valence-corrected chi connectivity index (χ3v) is 7.93. The second kappa shape index (κ2) is 7.62. The number of hydrogen-bond acceptors (Lipinski definition) is 5. The molecule has 0 atom stereocenters. The zero-order valence-corrected chi connectivity index (χ0v) is 17.0. The van der Waals surface area contributed by atoms with Crippen molar-refractivity contribution >= 4 is 44.6 Å². The minimum Gasteiger partial charge on any atom is -0.302 e. The molecule has 1 saturated heterocycles. The standard InChI is InChI=1S/C17H20ClN3O3S2/c1-21-17(23)12(10-19-21)16(22)11-6-7-13(25-2)15(14(11)18)20-26(24)8-4-3-5-9-26/h6-7,10,19H,3-5,8-9H2,1-2H3. The molecule has 0 spiro atoms.